The summed E-state index contributed by atoms with van der Waals surface area (Å²) in [5, 5.41) is 24.4. The Kier molecular flexibility index (Phi) is 10.3. The van der Waals surface area contributed by atoms with Crippen molar-refractivity contribution < 1.29 is 5.21 Å². The zero-order valence-electron chi connectivity index (χ0n) is 20.3. The molecule has 0 saturated carbocycles. The maximum Gasteiger partial charge on any atom is 0.0821 e. The van der Waals surface area contributed by atoms with Gasteiger partial charge in [0.15, 0.2) is 0 Å². The Morgan fingerprint density at radius 1 is 1.03 bits per heavy atom. The molecule has 1 unspecified atom stereocenters. The average molecular weight is 410 g/mol. The molecule has 0 aromatic carbocycles. The van der Waals surface area contributed by atoms with Crippen LogP contribution in [0.3, 0.4) is 0 Å². The van der Waals surface area contributed by atoms with Crippen molar-refractivity contribution in [3.05, 3.63) is 0 Å². The van der Waals surface area contributed by atoms with Gasteiger partial charge in [-0.2, -0.15) is 0 Å². The third-order valence-electron chi connectivity index (χ3n) is 7.07. The molecule has 0 aromatic heterocycles. The fourth-order valence-electron chi connectivity index (χ4n) is 4.01. The molecule has 1 atom stereocenters. The van der Waals surface area contributed by atoms with Crippen LogP contribution in [0.25, 0.3) is 0 Å². The normalized spacial score (nSPS) is 26.8. The van der Waals surface area contributed by atoms with Crippen LogP contribution >= 0.6 is 0 Å². The molecule has 1 aliphatic rings. The third-order valence-corrected chi connectivity index (χ3v) is 7.07. The second-order valence-electron chi connectivity index (χ2n) is 9.92. The molecule has 0 aromatic rings. The van der Waals surface area contributed by atoms with Gasteiger partial charge in [-0.05, 0) is 92.3 Å². The van der Waals surface area contributed by atoms with Crippen LogP contribution in [0.5, 0.6) is 0 Å². The quantitative estimate of drug-likeness (QED) is 0.395. The minimum absolute atomic E-state index is 0.230. The first-order valence-electron chi connectivity index (χ1n) is 11.5. The minimum Gasteiger partial charge on any atom is -0.411 e. The molecule has 0 radical (unpaired) electrons. The fraction of sp³-hybridized carbons (Fsp3) is 0.913. The number of hydrogen-bond acceptors (Lipinski definition) is 6. The second kappa shape index (κ2) is 11.4. The van der Waals surface area contributed by atoms with E-state index in [2.05, 4.69) is 74.6 Å². The highest BCUT2D eigenvalue weighted by Gasteiger charge is 2.32. The Morgan fingerprint density at radius 2 is 1.55 bits per heavy atom. The minimum atomic E-state index is -0.369. The Labute approximate surface area is 179 Å². The van der Waals surface area contributed by atoms with Gasteiger partial charge in [0.05, 0.1) is 16.8 Å². The molecule has 1 saturated heterocycles. The van der Waals surface area contributed by atoms with Crippen LogP contribution in [0.2, 0.25) is 0 Å². The van der Waals surface area contributed by atoms with Crippen LogP contribution in [0.15, 0.2) is 10.1 Å². The zero-order valence-corrected chi connectivity index (χ0v) is 20.3. The lowest BCUT2D eigenvalue weighted by Gasteiger charge is -2.35. The van der Waals surface area contributed by atoms with Gasteiger partial charge in [0.2, 0.25) is 0 Å². The van der Waals surface area contributed by atoms with E-state index in [0.717, 1.165) is 56.7 Å². The second-order valence-corrected chi connectivity index (χ2v) is 9.92. The monoisotopic (exact) mass is 409 g/mol. The molecular weight excluding hydrogens is 362 g/mol. The fourth-order valence-corrected chi connectivity index (χ4v) is 4.01. The Balaban J connectivity index is 2.88. The molecule has 1 rings (SSSR count). The van der Waals surface area contributed by atoms with E-state index in [9.17, 15) is 5.21 Å². The summed E-state index contributed by atoms with van der Waals surface area (Å²) in [6.45, 7) is 18.3. The van der Waals surface area contributed by atoms with Gasteiger partial charge >= 0.3 is 0 Å². The van der Waals surface area contributed by atoms with Gasteiger partial charge in [0.1, 0.15) is 0 Å². The van der Waals surface area contributed by atoms with Gasteiger partial charge in [-0.1, -0.05) is 19.0 Å². The molecule has 6 heteroatoms. The largest absolute Gasteiger partial charge is 0.411 e. The summed E-state index contributed by atoms with van der Waals surface area (Å²) in [7, 11) is 1.83. The SMILES string of the molecule is CCC(C)(CC)NCCC1CCNC(C)(C)/C(=N\C)C/C(=N/O)C(C)(C)NCC1. The molecule has 29 heavy (non-hydrogen) atoms. The Hall–Kier alpha value is -0.980. The summed E-state index contributed by atoms with van der Waals surface area (Å²) >= 11 is 0. The molecule has 6 nitrogen and oxygen atoms in total. The number of rotatable bonds is 6. The lowest BCUT2D eigenvalue weighted by molar-refractivity contribution is 0.296. The number of nitrogens with one attached hydrogen (secondary N) is 3. The number of oxime groups is 1. The van der Waals surface area contributed by atoms with Crippen molar-refractivity contribution in [1.29, 1.82) is 0 Å². The van der Waals surface area contributed by atoms with E-state index in [1.807, 2.05) is 7.05 Å². The molecule has 4 N–H and O–H groups in total. The van der Waals surface area contributed by atoms with Crippen LogP contribution in [0.1, 0.15) is 87.0 Å². The van der Waals surface area contributed by atoms with Gasteiger partial charge in [-0.3, -0.25) is 4.99 Å². The van der Waals surface area contributed by atoms with Gasteiger partial charge < -0.3 is 21.2 Å². The highest BCUT2D eigenvalue weighted by molar-refractivity contribution is 6.11. The molecule has 170 valence electrons. The van der Waals surface area contributed by atoms with E-state index in [1.165, 1.54) is 6.42 Å². The van der Waals surface area contributed by atoms with E-state index in [4.69, 9.17) is 0 Å². The highest BCUT2D eigenvalue weighted by Crippen LogP contribution is 2.21. The smallest absolute Gasteiger partial charge is 0.0821 e. The van der Waals surface area contributed by atoms with E-state index < -0.39 is 0 Å². The van der Waals surface area contributed by atoms with Crippen molar-refractivity contribution in [2.45, 2.75) is 104 Å². The molecule has 1 heterocycles. The van der Waals surface area contributed by atoms with Crippen molar-refractivity contribution >= 4 is 11.4 Å². The van der Waals surface area contributed by atoms with E-state index in [1.54, 1.807) is 0 Å². The van der Waals surface area contributed by atoms with Crippen LogP contribution in [0, 0.1) is 5.92 Å². The van der Waals surface area contributed by atoms with E-state index in [0.29, 0.717) is 12.3 Å². The first-order valence-corrected chi connectivity index (χ1v) is 11.5. The van der Waals surface area contributed by atoms with Crippen molar-refractivity contribution in [2.75, 3.05) is 26.7 Å². The molecule has 0 spiro atoms. The molecule has 1 fully saturated rings. The van der Waals surface area contributed by atoms with Crippen molar-refractivity contribution in [2.24, 2.45) is 16.1 Å². The van der Waals surface area contributed by atoms with E-state index >= 15 is 0 Å². The molecular formula is C23H47N5O. The first-order chi connectivity index (χ1) is 13.5. The summed E-state index contributed by atoms with van der Waals surface area (Å²) in [6.07, 6.45) is 6.32. The molecule has 1 aliphatic heterocycles. The predicted molar refractivity (Wildman–Crippen MR) is 126 cm³/mol. The zero-order chi connectivity index (χ0) is 22.1. The van der Waals surface area contributed by atoms with Gasteiger partial charge in [0, 0.05) is 24.7 Å². The number of nitrogens with zero attached hydrogens (tertiary/aromatic N) is 2. The standard InChI is InChI=1S/C23H47N5O/c1-9-23(7,10-2)27-16-13-18-11-14-25-21(3,4)19(24-8)17-20(28-29)22(5,6)26-15-12-18/h18,25-27,29H,9-17H2,1-8H3/b24-19-,28-20-. The van der Waals surface area contributed by atoms with Crippen molar-refractivity contribution in [3.8, 4) is 0 Å². The molecule has 0 aliphatic carbocycles. The predicted octanol–water partition coefficient (Wildman–Crippen LogP) is 3.98. The van der Waals surface area contributed by atoms with Gasteiger partial charge in [-0.25, -0.2) is 0 Å². The van der Waals surface area contributed by atoms with Crippen LogP contribution in [-0.4, -0.2) is 59.9 Å². The van der Waals surface area contributed by atoms with Gasteiger partial charge in [0.25, 0.3) is 0 Å². The van der Waals surface area contributed by atoms with Crippen LogP contribution < -0.4 is 16.0 Å². The maximum absolute atomic E-state index is 9.67. The Bertz CT molecular complexity index is 513. The van der Waals surface area contributed by atoms with Crippen LogP contribution in [-0.2, 0) is 0 Å². The molecule has 0 amide bonds. The van der Waals surface area contributed by atoms with Crippen molar-refractivity contribution in [3.63, 3.8) is 0 Å². The molecule has 0 bridgehead atoms. The lowest BCUT2D eigenvalue weighted by atomic mass is 9.86. The maximum atomic E-state index is 9.67. The first kappa shape index (κ1) is 26.1. The summed E-state index contributed by atoms with van der Waals surface area (Å²) in [5.41, 5.74) is 1.39. The third kappa shape index (κ3) is 7.99. The topological polar surface area (TPSA) is 81.0 Å². The summed E-state index contributed by atoms with van der Waals surface area (Å²) in [6, 6.07) is 0. The average Bonchev–Trinajstić information content (AvgIpc) is 2.66. The number of aliphatic imine (C=N–C) groups is 1. The summed E-state index contributed by atoms with van der Waals surface area (Å²) < 4.78 is 0. The summed E-state index contributed by atoms with van der Waals surface area (Å²) in [4.78, 5) is 4.53. The lowest BCUT2D eigenvalue weighted by Crippen LogP contribution is -2.53. The number of hydrogen-bond donors (Lipinski definition) is 4. The van der Waals surface area contributed by atoms with Gasteiger partial charge in [-0.15, -0.1) is 0 Å². The van der Waals surface area contributed by atoms with E-state index in [-0.39, 0.29) is 16.6 Å². The van der Waals surface area contributed by atoms with Crippen molar-refractivity contribution in [1.82, 2.24) is 16.0 Å². The highest BCUT2D eigenvalue weighted by atomic mass is 16.4. The Morgan fingerprint density at radius 3 is 2.00 bits per heavy atom. The summed E-state index contributed by atoms with van der Waals surface area (Å²) in [5.74, 6) is 0.642. The van der Waals surface area contributed by atoms with Crippen LogP contribution in [0.4, 0.5) is 0 Å².